The maximum absolute atomic E-state index is 11.9. The molecule has 1 heterocycles. The molecule has 2 rings (SSSR count). The lowest BCUT2D eigenvalue weighted by atomic mass is 10.0. The zero-order valence-corrected chi connectivity index (χ0v) is 15.6. The number of sulfone groups is 1. The molecule has 9 heteroatoms. The topological polar surface area (TPSA) is 109 Å². The maximum Gasteiger partial charge on any atom is 0.233 e. The van der Waals surface area contributed by atoms with Crippen molar-refractivity contribution in [2.75, 3.05) is 18.1 Å². The van der Waals surface area contributed by atoms with Gasteiger partial charge in [0, 0.05) is 18.4 Å². The van der Waals surface area contributed by atoms with Crippen molar-refractivity contribution in [3.8, 4) is 0 Å². The van der Waals surface area contributed by atoms with Gasteiger partial charge in [-0.1, -0.05) is 30.3 Å². The molecule has 0 spiro atoms. The average molecular weight is 386 g/mol. The molecule has 1 aromatic rings. The van der Waals surface area contributed by atoms with E-state index in [1.165, 1.54) is 6.08 Å². The van der Waals surface area contributed by atoms with Crippen molar-refractivity contribution in [2.45, 2.75) is 25.3 Å². The van der Waals surface area contributed by atoms with Gasteiger partial charge in [0.2, 0.25) is 15.9 Å². The molecule has 1 aromatic carbocycles. The van der Waals surface area contributed by atoms with Gasteiger partial charge in [-0.3, -0.25) is 4.79 Å². The van der Waals surface area contributed by atoms with Gasteiger partial charge in [-0.2, -0.15) is 0 Å². The average Bonchev–Trinajstić information content (AvgIpc) is 2.79. The number of benzene rings is 1. The predicted octanol–water partition coefficient (Wildman–Crippen LogP) is 0.660. The van der Waals surface area contributed by atoms with Gasteiger partial charge < -0.3 is 5.32 Å². The lowest BCUT2D eigenvalue weighted by molar-refractivity contribution is -0.122. The molecule has 1 saturated heterocycles. The van der Waals surface area contributed by atoms with Crippen molar-refractivity contribution in [1.29, 1.82) is 0 Å². The molecule has 1 fully saturated rings. The first-order valence-corrected chi connectivity index (χ1v) is 11.2. The maximum atomic E-state index is 11.9. The van der Waals surface area contributed by atoms with Gasteiger partial charge in [0.15, 0.2) is 9.84 Å². The van der Waals surface area contributed by atoms with Gasteiger partial charge in [-0.15, -0.1) is 0 Å². The van der Waals surface area contributed by atoms with Crippen molar-refractivity contribution < 1.29 is 21.6 Å². The lowest BCUT2D eigenvalue weighted by Crippen LogP contribution is -2.47. The van der Waals surface area contributed by atoms with Gasteiger partial charge in [-0.05, 0) is 25.0 Å². The van der Waals surface area contributed by atoms with E-state index in [4.69, 9.17) is 0 Å². The molecule has 25 heavy (non-hydrogen) atoms. The fourth-order valence-corrected chi connectivity index (χ4v) is 5.51. The Morgan fingerprint density at radius 3 is 2.56 bits per heavy atom. The van der Waals surface area contributed by atoms with Crippen molar-refractivity contribution in [2.24, 2.45) is 0 Å². The Balaban J connectivity index is 1.79. The fraction of sp³-hybridized carbons (Fsp3) is 0.438. The molecular weight excluding hydrogens is 364 g/mol. The fourth-order valence-electron chi connectivity index (χ4n) is 2.60. The zero-order chi connectivity index (χ0) is 18.6. The number of carbonyl (C=O) groups excluding carboxylic acids is 1. The molecule has 0 radical (unpaired) electrons. The third kappa shape index (κ3) is 6.60. The highest BCUT2D eigenvalue weighted by atomic mass is 32.2. The number of rotatable bonds is 7. The minimum atomic E-state index is -3.64. The molecule has 7 nitrogen and oxygen atoms in total. The van der Waals surface area contributed by atoms with Crippen LogP contribution in [0.2, 0.25) is 0 Å². The molecule has 0 aromatic heterocycles. The predicted molar refractivity (Wildman–Crippen MR) is 96.8 cm³/mol. The minimum absolute atomic E-state index is 0.0562. The van der Waals surface area contributed by atoms with Gasteiger partial charge >= 0.3 is 0 Å². The van der Waals surface area contributed by atoms with E-state index >= 15 is 0 Å². The van der Waals surface area contributed by atoms with Crippen molar-refractivity contribution >= 4 is 31.8 Å². The molecule has 138 valence electrons. The summed E-state index contributed by atoms with van der Waals surface area (Å²) in [5, 5.41) is 3.73. The summed E-state index contributed by atoms with van der Waals surface area (Å²) >= 11 is 0. The number of hydrogen-bond acceptors (Lipinski definition) is 5. The number of nitrogens with one attached hydrogen (secondary N) is 2. The standard InChI is InChI=1S/C16H22N2O5S2/c1-16(9-12-24(20,21)13-16)18-15(19)7-10-17-25(22,23)11-8-14-5-3-2-4-6-14/h2-6,8,11,17H,7,9-10,12-13H2,1H3,(H,18,19)/b11-8+. The van der Waals surface area contributed by atoms with Crippen LogP contribution >= 0.6 is 0 Å². The van der Waals surface area contributed by atoms with E-state index in [-0.39, 0.29) is 30.4 Å². The van der Waals surface area contributed by atoms with Crippen molar-refractivity contribution in [3.63, 3.8) is 0 Å². The van der Waals surface area contributed by atoms with Crippen LogP contribution in [0.5, 0.6) is 0 Å². The number of sulfonamides is 1. The SMILES string of the molecule is CC1(NC(=O)CCNS(=O)(=O)/C=C/c2ccccc2)CCS(=O)(=O)C1. The van der Waals surface area contributed by atoms with Crippen molar-refractivity contribution in [1.82, 2.24) is 10.0 Å². The third-order valence-corrected chi connectivity index (χ3v) is 6.84. The van der Waals surface area contributed by atoms with Gasteiger partial charge in [0.05, 0.1) is 17.0 Å². The Bertz CT molecular complexity index is 848. The van der Waals surface area contributed by atoms with Gasteiger partial charge in [0.1, 0.15) is 0 Å². The van der Waals surface area contributed by atoms with Crippen LogP contribution in [0.25, 0.3) is 6.08 Å². The van der Waals surface area contributed by atoms with E-state index < -0.39 is 25.4 Å². The van der Waals surface area contributed by atoms with Gasteiger partial charge in [-0.25, -0.2) is 21.6 Å². The summed E-state index contributed by atoms with van der Waals surface area (Å²) in [5.74, 6) is -0.410. The Labute approximate surface area is 148 Å². The molecule has 1 aliphatic heterocycles. The largest absolute Gasteiger partial charge is 0.350 e. The van der Waals surface area contributed by atoms with E-state index in [1.54, 1.807) is 31.2 Å². The molecule has 1 aliphatic rings. The molecular formula is C16H22N2O5S2. The number of amides is 1. The Morgan fingerprint density at radius 2 is 1.96 bits per heavy atom. The van der Waals surface area contributed by atoms with Crippen LogP contribution in [0.4, 0.5) is 0 Å². The Kier molecular flexibility index (Phi) is 6.02. The van der Waals surface area contributed by atoms with Crippen LogP contribution in [0, 0.1) is 0 Å². The first-order chi connectivity index (χ1) is 11.6. The summed E-state index contributed by atoms with van der Waals surface area (Å²) in [6.07, 6.45) is 1.77. The van der Waals surface area contributed by atoms with E-state index in [9.17, 15) is 21.6 Å². The van der Waals surface area contributed by atoms with Crippen molar-refractivity contribution in [3.05, 3.63) is 41.3 Å². The highest BCUT2D eigenvalue weighted by Crippen LogP contribution is 2.22. The summed E-state index contributed by atoms with van der Waals surface area (Å²) in [7, 11) is -6.76. The lowest BCUT2D eigenvalue weighted by Gasteiger charge is -2.23. The van der Waals surface area contributed by atoms with Crippen LogP contribution in [0.1, 0.15) is 25.3 Å². The van der Waals surface area contributed by atoms with Crippen LogP contribution in [-0.4, -0.2) is 46.3 Å². The zero-order valence-electron chi connectivity index (χ0n) is 13.9. The molecule has 2 N–H and O–H groups in total. The van der Waals surface area contributed by atoms with E-state index in [0.717, 1.165) is 11.0 Å². The molecule has 1 atom stereocenters. The summed E-state index contributed by atoms with van der Waals surface area (Å²) < 4.78 is 49.1. The van der Waals surface area contributed by atoms with Crippen LogP contribution in [-0.2, 0) is 24.7 Å². The molecule has 1 unspecified atom stereocenters. The van der Waals surface area contributed by atoms with E-state index in [2.05, 4.69) is 10.0 Å². The van der Waals surface area contributed by atoms with Gasteiger partial charge in [0.25, 0.3) is 0 Å². The second kappa shape index (κ2) is 7.67. The minimum Gasteiger partial charge on any atom is -0.350 e. The summed E-state index contributed by atoms with van der Waals surface area (Å²) in [6, 6.07) is 8.98. The monoisotopic (exact) mass is 386 g/mol. The second-order valence-electron chi connectivity index (χ2n) is 6.35. The van der Waals surface area contributed by atoms with E-state index in [0.29, 0.717) is 6.42 Å². The summed E-state index contributed by atoms with van der Waals surface area (Å²) in [6.45, 7) is 1.62. The molecule has 1 amide bonds. The Morgan fingerprint density at radius 1 is 1.28 bits per heavy atom. The highest BCUT2D eigenvalue weighted by molar-refractivity contribution is 7.92. The van der Waals surface area contributed by atoms with Crippen LogP contribution in [0.15, 0.2) is 35.7 Å². The van der Waals surface area contributed by atoms with Crippen LogP contribution < -0.4 is 10.0 Å². The second-order valence-corrected chi connectivity index (χ2v) is 10.2. The summed E-state index contributed by atoms with van der Waals surface area (Å²) in [4.78, 5) is 11.9. The summed E-state index contributed by atoms with van der Waals surface area (Å²) in [5.41, 5.74) is -0.0249. The number of carbonyl (C=O) groups is 1. The molecule has 0 aliphatic carbocycles. The molecule has 0 saturated carbocycles. The van der Waals surface area contributed by atoms with Crippen LogP contribution in [0.3, 0.4) is 0 Å². The first kappa shape index (κ1) is 19.6. The highest BCUT2D eigenvalue weighted by Gasteiger charge is 2.39. The first-order valence-electron chi connectivity index (χ1n) is 7.83. The smallest absolute Gasteiger partial charge is 0.233 e. The quantitative estimate of drug-likeness (QED) is 0.715. The normalized spacial score (nSPS) is 22.9. The van der Waals surface area contributed by atoms with E-state index in [1.807, 2.05) is 6.07 Å². The molecule has 0 bridgehead atoms. The third-order valence-electron chi connectivity index (χ3n) is 3.84. The number of hydrogen-bond donors (Lipinski definition) is 2. The Hall–Kier alpha value is -1.71.